The Bertz CT molecular complexity index is 1050. The third-order valence-electron chi connectivity index (χ3n) is 5.55. The van der Waals surface area contributed by atoms with E-state index in [9.17, 15) is 4.79 Å². The van der Waals surface area contributed by atoms with Crippen LogP contribution in [0.15, 0.2) is 53.7 Å². The van der Waals surface area contributed by atoms with Crippen LogP contribution in [0.25, 0.3) is 17.1 Å². The largest absolute Gasteiger partial charge is 0.497 e. The van der Waals surface area contributed by atoms with Crippen LogP contribution >= 0.6 is 11.8 Å². The molecule has 1 saturated heterocycles. The zero-order chi connectivity index (χ0) is 22.5. The molecule has 1 aliphatic rings. The van der Waals surface area contributed by atoms with Gasteiger partial charge in [-0.25, -0.2) is 0 Å². The Labute approximate surface area is 192 Å². The molecule has 7 nitrogen and oxygen atoms in total. The van der Waals surface area contributed by atoms with Gasteiger partial charge in [-0.1, -0.05) is 36.4 Å². The highest BCUT2D eigenvalue weighted by Crippen LogP contribution is 2.29. The second-order valence-corrected chi connectivity index (χ2v) is 8.68. The third-order valence-corrected chi connectivity index (χ3v) is 6.46. The van der Waals surface area contributed by atoms with Crippen molar-refractivity contribution in [1.29, 1.82) is 0 Å². The number of nitrogens with zero attached hydrogens (tertiary/aromatic N) is 4. The molecule has 1 amide bonds. The maximum Gasteiger partial charge on any atom is 0.233 e. The van der Waals surface area contributed by atoms with Crippen molar-refractivity contribution < 1.29 is 14.3 Å². The first-order valence-electron chi connectivity index (χ1n) is 10.8. The SMILES string of the molecule is CCC1CN(C(=O)CSc2nnc(-c3ccc(OC)cc3)n2-c2ccc(C)cc2)CCO1. The summed E-state index contributed by atoms with van der Waals surface area (Å²) in [6, 6.07) is 16.0. The molecule has 4 rings (SSSR count). The van der Waals surface area contributed by atoms with E-state index in [0.717, 1.165) is 29.2 Å². The van der Waals surface area contributed by atoms with E-state index in [-0.39, 0.29) is 12.0 Å². The molecule has 2 heterocycles. The van der Waals surface area contributed by atoms with E-state index in [2.05, 4.69) is 36.2 Å². The summed E-state index contributed by atoms with van der Waals surface area (Å²) in [5.74, 6) is 1.92. The van der Waals surface area contributed by atoms with Crippen LogP contribution in [0.2, 0.25) is 0 Å². The zero-order valence-electron chi connectivity index (χ0n) is 18.7. The summed E-state index contributed by atoms with van der Waals surface area (Å²) in [4.78, 5) is 14.7. The topological polar surface area (TPSA) is 69.5 Å². The number of hydrogen-bond donors (Lipinski definition) is 0. The fourth-order valence-electron chi connectivity index (χ4n) is 3.63. The first-order chi connectivity index (χ1) is 15.6. The Kier molecular flexibility index (Phi) is 7.12. The highest BCUT2D eigenvalue weighted by molar-refractivity contribution is 7.99. The lowest BCUT2D eigenvalue weighted by molar-refractivity contribution is -0.135. The maximum absolute atomic E-state index is 12.9. The van der Waals surface area contributed by atoms with Crippen LogP contribution in [-0.4, -0.2) is 64.2 Å². The molecule has 0 bridgehead atoms. The normalized spacial score (nSPS) is 16.2. The number of amides is 1. The summed E-state index contributed by atoms with van der Waals surface area (Å²) in [5, 5.41) is 9.58. The molecule has 1 aliphatic heterocycles. The average Bonchev–Trinajstić information content (AvgIpc) is 3.27. The third kappa shape index (κ3) is 4.97. The number of carbonyl (C=O) groups is 1. The van der Waals surface area contributed by atoms with E-state index in [0.29, 0.717) is 30.6 Å². The van der Waals surface area contributed by atoms with Crippen molar-refractivity contribution in [2.24, 2.45) is 0 Å². The van der Waals surface area contributed by atoms with Gasteiger partial charge in [-0.05, 0) is 49.7 Å². The average molecular weight is 453 g/mol. The molecule has 1 aromatic heterocycles. The minimum atomic E-state index is 0.0983. The molecule has 1 unspecified atom stereocenters. The maximum atomic E-state index is 12.9. The Balaban J connectivity index is 1.59. The number of aromatic nitrogens is 3. The quantitative estimate of drug-likeness (QED) is 0.505. The van der Waals surface area contributed by atoms with Crippen molar-refractivity contribution in [3.8, 4) is 22.8 Å². The van der Waals surface area contributed by atoms with E-state index < -0.39 is 0 Å². The number of thioether (sulfide) groups is 1. The molecular weight excluding hydrogens is 424 g/mol. The lowest BCUT2D eigenvalue weighted by Crippen LogP contribution is -2.46. The minimum Gasteiger partial charge on any atom is -0.497 e. The van der Waals surface area contributed by atoms with Gasteiger partial charge in [0, 0.05) is 24.3 Å². The van der Waals surface area contributed by atoms with Crippen LogP contribution in [0.5, 0.6) is 5.75 Å². The van der Waals surface area contributed by atoms with Gasteiger partial charge in [0.05, 0.1) is 25.6 Å². The summed E-state index contributed by atoms with van der Waals surface area (Å²) in [7, 11) is 1.65. The standard InChI is InChI=1S/C24H28N4O3S/c1-4-20-15-27(13-14-31-20)22(29)16-32-24-26-25-23(18-7-11-21(30-3)12-8-18)28(24)19-9-5-17(2)6-10-19/h5-12,20H,4,13-16H2,1-3H3. The molecule has 8 heteroatoms. The van der Waals surface area contributed by atoms with Crippen molar-refractivity contribution >= 4 is 17.7 Å². The number of hydrogen-bond acceptors (Lipinski definition) is 6. The van der Waals surface area contributed by atoms with Crippen molar-refractivity contribution in [2.75, 3.05) is 32.6 Å². The molecular formula is C24H28N4O3S. The fraction of sp³-hybridized carbons (Fsp3) is 0.375. The summed E-state index contributed by atoms with van der Waals surface area (Å²) >= 11 is 1.41. The van der Waals surface area contributed by atoms with E-state index in [4.69, 9.17) is 9.47 Å². The Morgan fingerprint density at radius 1 is 1.16 bits per heavy atom. The van der Waals surface area contributed by atoms with E-state index >= 15 is 0 Å². The van der Waals surface area contributed by atoms with Crippen LogP contribution in [0.1, 0.15) is 18.9 Å². The van der Waals surface area contributed by atoms with Gasteiger partial charge in [-0.15, -0.1) is 10.2 Å². The summed E-state index contributed by atoms with van der Waals surface area (Å²) in [6.07, 6.45) is 1.03. The second kappa shape index (κ2) is 10.2. The van der Waals surface area contributed by atoms with E-state index in [1.807, 2.05) is 45.9 Å². The van der Waals surface area contributed by atoms with Crippen molar-refractivity contribution in [1.82, 2.24) is 19.7 Å². The van der Waals surface area contributed by atoms with Crippen LogP contribution in [0, 0.1) is 6.92 Å². The van der Waals surface area contributed by atoms with Gasteiger partial charge >= 0.3 is 0 Å². The van der Waals surface area contributed by atoms with Crippen molar-refractivity contribution in [3.63, 3.8) is 0 Å². The molecule has 0 radical (unpaired) electrons. The number of rotatable bonds is 7. The van der Waals surface area contributed by atoms with E-state index in [1.54, 1.807) is 7.11 Å². The first-order valence-corrected chi connectivity index (χ1v) is 11.8. The van der Waals surface area contributed by atoms with Crippen LogP contribution < -0.4 is 4.74 Å². The van der Waals surface area contributed by atoms with Gasteiger partial charge in [0.1, 0.15) is 5.75 Å². The first kappa shape index (κ1) is 22.4. The van der Waals surface area contributed by atoms with Crippen molar-refractivity contribution in [3.05, 3.63) is 54.1 Å². The van der Waals surface area contributed by atoms with Crippen molar-refractivity contribution in [2.45, 2.75) is 31.5 Å². The molecule has 1 fully saturated rings. The Morgan fingerprint density at radius 2 is 1.91 bits per heavy atom. The van der Waals surface area contributed by atoms with Gasteiger partial charge < -0.3 is 14.4 Å². The van der Waals surface area contributed by atoms with Crippen LogP contribution in [0.3, 0.4) is 0 Å². The smallest absolute Gasteiger partial charge is 0.233 e. The Morgan fingerprint density at radius 3 is 2.59 bits per heavy atom. The predicted octanol–water partition coefficient (Wildman–Crippen LogP) is 3.98. The molecule has 0 spiro atoms. The number of aryl methyl sites for hydroxylation is 1. The van der Waals surface area contributed by atoms with Crippen LogP contribution in [0.4, 0.5) is 0 Å². The summed E-state index contributed by atoms with van der Waals surface area (Å²) in [6.45, 7) is 6.02. The molecule has 0 N–H and O–H groups in total. The summed E-state index contributed by atoms with van der Waals surface area (Å²) < 4.78 is 13.0. The van der Waals surface area contributed by atoms with Gasteiger partial charge in [0.25, 0.3) is 0 Å². The molecule has 3 aromatic rings. The number of carbonyl (C=O) groups excluding carboxylic acids is 1. The monoisotopic (exact) mass is 452 g/mol. The van der Waals surface area contributed by atoms with Gasteiger partial charge in [-0.3, -0.25) is 9.36 Å². The number of methoxy groups -OCH3 is 1. The molecule has 2 aromatic carbocycles. The number of benzene rings is 2. The van der Waals surface area contributed by atoms with Gasteiger partial charge in [0.2, 0.25) is 5.91 Å². The van der Waals surface area contributed by atoms with E-state index in [1.165, 1.54) is 17.3 Å². The molecule has 32 heavy (non-hydrogen) atoms. The zero-order valence-corrected chi connectivity index (χ0v) is 19.5. The second-order valence-electron chi connectivity index (χ2n) is 7.74. The number of ether oxygens (including phenoxy) is 2. The lowest BCUT2D eigenvalue weighted by Gasteiger charge is -2.32. The molecule has 0 aliphatic carbocycles. The molecule has 168 valence electrons. The Hall–Kier alpha value is -2.84. The fourth-order valence-corrected chi connectivity index (χ4v) is 4.48. The predicted molar refractivity (Wildman–Crippen MR) is 125 cm³/mol. The van der Waals surface area contributed by atoms with Gasteiger partial charge in [0.15, 0.2) is 11.0 Å². The van der Waals surface area contributed by atoms with Crippen LogP contribution in [-0.2, 0) is 9.53 Å². The highest BCUT2D eigenvalue weighted by Gasteiger charge is 2.24. The van der Waals surface area contributed by atoms with Gasteiger partial charge in [-0.2, -0.15) is 0 Å². The number of morpholine rings is 1. The molecule has 1 atom stereocenters. The highest BCUT2D eigenvalue weighted by atomic mass is 32.2. The minimum absolute atomic E-state index is 0.0983. The summed E-state index contributed by atoms with van der Waals surface area (Å²) in [5.41, 5.74) is 3.06. The lowest BCUT2D eigenvalue weighted by atomic mass is 10.2. The molecule has 0 saturated carbocycles.